The van der Waals surface area contributed by atoms with Crippen molar-refractivity contribution >= 4 is 35.9 Å². The molecular formula is C47H71N3O8S. The summed E-state index contributed by atoms with van der Waals surface area (Å²) < 4.78 is 23.0. The fourth-order valence-electron chi connectivity index (χ4n) is 7.47. The first-order chi connectivity index (χ1) is 27.3. The molecule has 1 N–H and O–H groups in total. The molecule has 2 fully saturated rings. The van der Waals surface area contributed by atoms with E-state index in [0.29, 0.717) is 58.4 Å². The SMILES string of the molecule is CC(C)(C)OC(=O)[C@@H](Cc1cccc(CNCCSc2cccc(C[C@H](C(=O)OC(C)(C)C)[C@H]3CCN(C(=O)OC(C)(C)C)C3)c2)c1)[C@H]1CCN(C(=O)OC(C)(C)C)C1. The number of hydrogen-bond acceptors (Lipinski definition) is 10. The van der Waals surface area contributed by atoms with Crippen molar-refractivity contribution in [3.05, 3.63) is 65.2 Å². The smallest absolute Gasteiger partial charge is 0.410 e. The van der Waals surface area contributed by atoms with Crippen LogP contribution in [0.15, 0.2) is 53.4 Å². The lowest BCUT2D eigenvalue weighted by Gasteiger charge is -2.28. The van der Waals surface area contributed by atoms with Gasteiger partial charge in [-0.05, 0) is 149 Å². The minimum atomic E-state index is -0.616. The first-order valence-corrected chi connectivity index (χ1v) is 22.2. The first-order valence-electron chi connectivity index (χ1n) is 21.3. The maximum atomic E-state index is 13.6. The quantitative estimate of drug-likeness (QED) is 0.0853. The molecule has 328 valence electrons. The van der Waals surface area contributed by atoms with Crippen molar-refractivity contribution < 1.29 is 38.1 Å². The van der Waals surface area contributed by atoms with Crippen molar-refractivity contribution in [1.29, 1.82) is 0 Å². The Labute approximate surface area is 358 Å². The van der Waals surface area contributed by atoms with Gasteiger partial charge >= 0.3 is 24.1 Å². The molecule has 0 aliphatic carbocycles. The van der Waals surface area contributed by atoms with Crippen LogP contribution in [-0.4, -0.2) is 94.8 Å². The highest BCUT2D eigenvalue weighted by atomic mass is 32.2. The molecule has 0 aromatic heterocycles. The summed E-state index contributed by atoms with van der Waals surface area (Å²) in [6.07, 6.45) is 1.79. The van der Waals surface area contributed by atoms with Crippen LogP contribution in [0.1, 0.15) is 113 Å². The van der Waals surface area contributed by atoms with E-state index in [1.807, 2.05) is 95.2 Å². The van der Waals surface area contributed by atoms with Crippen molar-refractivity contribution in [2.75, 3.05) is 38.5 Å². The average Bonchev–Trinajstić information content (AvgIpc) is 3.78. The molecule has 2 heterocycles. The molecule has 4 atom stereocenters. The number of likely N-dealkylation sites (tertiary alicyclic amines) is 2. The third kappa shape index (κ3) is 16.7. The predicted octanol–water partition coefficient (Wildman–Crippen LogP) is 9.08. The Bertz CT molecular complexity index is 1610. The fourth-order valence-corrected chi connectivity index (χ4v) is 8.36. The number of esters is 2. The van der Waals surface area contributed by atoms with E-state index in [9.17, 15) is 19.2 Å². The summed E-state index contributed by atoms with van der Waals surface area (Å²) in [6.45, 7) is 25.9. The molecule has 11 nitrogen and oxygen atoms in total. The molecule has 4 rings (SSSR count). The van der Waals surface area contributed by atoms with Gasteiger partial charge in [-0.3, -0.25) is 9.59 Å². The van der Waals surface area contributed by atoms with Crippen LogP contribution < -0.4 is 5.32 Å². The maximum Gasteiger partial charge on any atom is 0.410 e. The molecule has 2 aliphatic rings. The van der Waals surface area contributed by atoms with E-state index >= 15 is 0 Å². The maximum absolute atomic E-state index is 13.6. The summed E-state index contributed by atoms with van der Waals surface area (Å²) in [5, 5.41) is 3.57. The molecular weight excluding hydrogens is 767 g/mol. The van der Waals surface area contributed by atoms with Gasteiger partial charge in [0.2, 0.25) is 0 Å². The van der Waals surface area contributed by atoms with Gasteiger partial charge in [-0.1, -0.05) is 36.4 Å². The highest BCUT2D eigenvalue weighted by Crippen LogP contribution is 2.33. The van der Waals surface area contributed by atoms with E-state index in [2.05, 4.69) is 41.7 Å². The molecule has 59 heavy (non-hydrogen) atoms. The summed E-state index contributed by atoms with van der Waals surface area (Å²) in [5.74, 6) is -0.453. The summed E-state index contributed by atoms with van der Waals surface area (Å²) in [4.78, 5) is 57.4. The van der Waals surface area contributed by atoms with E-state index < -0.39 is 22.4 Å². The van der Waals surface area contributed by atoms with Gasteiger partial charge < -0.3 is 34.1 Å². The largest absolute Gasteiger partial charge is 0.460 e. The lowest BCUT2D eigenvalue weighted by atomic mass is 9.85. The Morgan fingerprint density at radius 2 is 1.05 bits per heavy atom. The molecule has 0 saturated carbocycles. The van der Waals surface area contributed by atoms with Crippen LogP contribution in [0.25, 0.3) is 0 Å². The summed E-state index contributed by atoms with van der Waals surface area (Å²) in [5.41, 5.74) is 0.847. The highest BCUT2D eigenvalue weighted by molar-refractivity contribution is 7.99. The molecule has 0 bridgehead atoms. The van der Waals surface area contributed by atoms with Gasteiger partial charge in [0.05, 0.1) is 11.8 Å². The van der Waals surface area contributed by atoms with Gasteiger partial charge in [0, 0.05) is 49.9 Å². The van der Waals surface area contributed by atoms with Crippen molar-refractivity contribution in [2.24, 2.45) is 23.7 Å². The molecule has 12 heteroatoms. The van der Waals surface area contributed by atoms with Crippen LogP contribution in [0.5, 0.6) is 0 Å². The number of thioether (sulfide) groups is 1. The lowest BCUT2D eigenvalue weighted by molar-refractivity contribution is -0.163. The Hall–Kier alpha value is -3.77. The number of nitrogens with zero attached hydrogens (tertiary/aromatic N) is 2. The number of nitrogens with one attached hydrogen (secondary N) is 1. The van der Waals surface area contributed by atoms with Gasteiger partial charge in [0.25, 0.3) is 0 Å². The summed E-state index contributed by atoms with van der Waals surface area (Å²) in [6, 6.07) is 16.7. The minimum Gasteiger partial charge on any atom is -0.460 e. The topological polar surface area (TPSA) is 124 Å². The van der Waals surface area contributed by atoms with Crippen LogP contribution in [0.3, 0.4) is 0 Å². The van der Waals surface area contributed by atoms with E-state index in [-0.39, 0.29) is 47.8 Å². The third-order valence-electron chi connectivity index (χ3n) is 9.99. The van der Waals surface area contributed by atoms with Crippen LogP contribution >= 0.6 is 11.8 Å². The molecule has 0 radical (unpaired) electrons. The van der Waals surface area contributed by atoms with Gasteiger partial charge in [-0.2, -0.15) is 0 Å². The number of rotatable bonds is 14. The summed E-state index contributed by atoms with van der Waals surface area (Å²) in [7, 11) is 0. The standard InChI is InChI=1S/C47H71N3O8S/c1-44(2,3)55-40(51)38(35-19-22-49(30-35)42(53)57-46(7,8)9)27-32-15-13-17-34(25-32)29-48-21-24-59-37-18-14-16-33(26-37)28-39(41(52)56-45(4,5)6)36-20-23-50(31-36)43(54)58-47(10,11)12/h13-18,25-26,35-36,38-39,48H,19-24,27-31H2,1-12H3/t35-,36-,38-,39-/m0/s1. The highest BCUT2D eigenvalue weighted by Gasteiger charge is 2.40. The van der Waals surface area contributed by atoms with Crippen molar-refractivity contribution in [2.45, 2.75) is 143 Å². The second-order valence-electron chi connectivity index (χ2n) is 20.1. The second kappa shape index (κ2) is 20.2. The Kier molecular flexibility index (Phi) is 16.4. The van der Waals surface area contributed by atoms with Gasteiger partial charge in [-0.25, -0.2) is 9.59 Å². The molecule has 2 amide bonds. The lowest BCUT2D eigenvalue weighted by Crippen LogP contribution is -2.38. The second-order valence-corrected chi connectivity index (χ2v) is 21.3. The molecule has 0 unspecified atom stereocenters. The number of carbonyl (C=O) groups is 4. The zero-order valence-corrected chi connectivity index (χ0v) is 38.6. The van der Waals surface area contributed by atoms with Crippen molar-refractivity contribution in [3.63, 3.8) is 0 Å². The van der Waals surface area contributed by atoms with Crippen LogP contribution in [-0.2, 0) is 47.9 Å². The Morgan fingerprint density at radius 3 is 1.51 bits per heavy atom. The number of hydrogen-bond donors (Lipinski definition) is 1. The monoisotopic (exact) mass is 837 g/mol. The number of benzene rings is 2. The zero-order chi connectivity index (χ0) is 43.8. The van der Waals surface area contributed by atoms with Gasteiger partial charge in [0.15, 0.2) is 0 Å². The first kappa shape index (κ1) is 47.9. The van der Waals surface area contributed by atoms with E-state index in [1.54, 1.807) is 21.6 Å². The van der Waals surface area contributed by atoms with E-state index in [0.717, 1.165) is 33.9 Å². The molecule has 2 aromatic rings. The van der Waals surface area contributed by atoms with Gasteiger partial charge in [-0.15, -0.1) is 11.8 Å². The number of carbonyl (C=O) groups excluding carboxylic acids is 4. The molecule has 2 aliphatic heterocycles. The third-order valence-corrected chi connectivity index (χ3v) is 11.0. The Morgan fingerprint density at radius 1 is 0.627 bits per heavy atom. The van der Waals surface area contributed by atoms with E-state index in [4.69, 9.17) is 18.9 Å². The zero-order valence-electron chi connectivity index (χ0n) is 37.8. The van der Waals surface area contributed by atoms with Gasteiger partial charge in [0.1, 0.15) is 22.4 Å². The summed E-state index contributed by atoms with van der Waals surface area (Å²) >= 11 is 1.76. The number of ether oxygens (including phenoxy) is 4. The van der Waals surface area contributed by atoms with Crippen molar-refractivity contribution in [3.8, 4) is 0 Å². The van der Waals surface area contributed by atoms with E-state index in [1.165, 1.54) is 0 Å². The van der Waals surface area contributed by atoms with Crippen LogP contribution in [0.4, 0.5) is 9.59 Å². The Balaban J connectivity index is 1.32. The van der Waals surface area contributed by atoms with Crippen molar-refractivity contribution in [1.82, 2.24) is 15.1 Å². The van der Waals surface area contributed by atoms with Crippen LogP contribution in [0.2, 0.25) is 0 Å². The average molecular weight is 838 g/mol. The number of amides is 2. The van der Waals surface area contributed by atoms with Crippen LogP contribution in [0, 0.1) is 23.7 Å². The predicted molar refractivity (Wildman–Crippen MR) is 233 cm³/mol. The fraction of sp³-hybridized carbons (Fsp3) is 0.660. The molecule has 2 aromatic carbocycles. The minimum absolute atomic E-state index is 0.0307. The molecule has 2 saturated heterocycles. The molecule has 0 spiro atoms. The normalized spacial score (nSPS) is 18.6.